The maximum Gasteiger partial charge on any atom is 0.337 e. The monoisotopic (exact) mass is 273 g/mol. The molecule has 0 aromatic carbocycles. The molecule has 15 heavy (non-hydrogen) atoms. The zero-order valence-corrected chi connectivity index (χ0v) is 9.74. The summed E-state index contributed by atoms with van der Waals surface area (Å²) in [5.41, 5.74) is 0.305. The molecule has 0 amide bonds. The van der Waals surface area contributed by atoms with Crippen LogP contribution >= 0.6 is 15.9 Å². The topological polar surface area (TPSA) is 51.5 Å². The summed E-state index contributed by atoms with van der Waals surface area (Å²) in [5, 5.41) is 8.82. The van der Waals surface area contributed by atoms with Crippen molar-refractivity contribution in [3.63, 3.8) is 0 Å². The predicted octanol–water partition coefficient (Wildman–Crippen LogP) is 2.13. The van der Waals surface area contributed by atoms with Crippen LogP contribution in [0.2, 0.25) is 0 Å². The molecule has 1 N–H and O–H groups in total. The molecule has 5 heteroatoms. The SMILES string of the molecule is O=C(O)c1cc(Br)n(CC2CCCO2)c1. The van der Waals surface area contributed by atoms with Gasteiger partial charge in [0.1, 0.15) is 0 Å². The zero-order chi connectivity index (χ0) is 10.8. The van der Waals surface area contributed by atoms with Gasteiger partial charge in [-0.3, -0.25) is 0 Å². The molecule has 1 atom stereocenters. The van der Waals surface area contributed by atoms with Gasteiger partial charge < -0.3 is 14.4 Å². The molecule has 0 aliphatic carbocycles. The lowest BCUT2D eigenvalue weighted by molar-refractivity contribution is 0.0695. The van der Waals surface area contributed by atoms with Crippen molar-refractivity contribution in [3.05, 3.63) is 22.4 Å². The van der Waals surface area contributed by atoms with Gasteiger partial charge >= 0.3 is 5.97 Å². The summed E-state index contributed by atoms with van der Waals surface area (Å²) in [6.45, 7) is 1.53. The lowest BCUT2D eigenvalue weighted by Crippen LogP contribution is -2.14. The second-order valence-electron chi connectivity index (χ2n) is 3.64. The van der Waals surface area contributed by atoms with E-state index in [9.17, 15) is 4.79 Å². The van der Waals surface area contributed by atoms with Crippen LogP contribution in [0.4, 0.5) is 0 Å². The van der Waals surface area contributed by atoms with Gasteiger partial charge in [0.25, 0.3) is 0 Å². The Morgan fingerprint density at radius 1 is 1.73 bits per heavy atom. The number of hydrogen-bond acceptors (Lipinski definition) is 2. The van der Waals surface area contributed by atoms with E-state index in [1.54, 1.807) is 12.3 Å². The first-order valence-corrected chi connectivity index (χ1v) is 5.66. The third kappa shape index (κ3) is 2.41. The van der Waals surface area contributed by atoms with E-state index in [0.29, 0.717) is 12.1 Å². The van der Waals surface area contributed by atoms with Crippen molar-refractivity contribution < 1.29 is 14.6 Å². The quantitative estimate of drug-likeness (QED) is 0.918. The van der Waals surface area contributed by atoms with Crippen molar-refractivity contribution in [2.45, 2.75) is 25.5 Å². The van der Waals surface area contributed by atoms with Gasteiger partial charge in [0.05, 0.1) is 16.3 Å². The fourth-order valence-electron chi connectivity index (χ4n) is 1.74. The summed E-state index contributed by atoms with van der Waals surface area (Å²) in [4.78, 5) is 10.7. The van der Waals surface area contributed by atoms with E-state index < -0.39 is 5.97 Å². The van der Waals surface area contributed by atoms with Gasteiger partial charge in [-0.25, -0.2) is 4.79 Å². The Labute approximate surface area is 96.0 Å². The van der Waals surface area contributed by atoms with Crippen molar-refractivity contribution in [2.75, 3.05) is 6.61 Å². The molecule has 1 aliphatic heterocycles. The van der Waals surface area contributed by atoms with Crippen molar-refractivity contribution >= 4 is 21.9 Å². The van der Waals surface area contributed by atoms with Gasteiger partial charge in [-0.1, -0.05) is 0 Å². The predicted molar refractivity (Wildman–Crippen MR) is 58.1 cm³/mol. The fraction of sp³-hybridized carbons (Fsp3) is 0.500. The van der Waals surface area contributed by atoms with E-state index in [4.69, 9.17) is 9.84 Å². The number of halogens is 1. The average molecular weight is 274 g/mol. The number of carboxylic acids is 1. The number of aromatic nitrogens is 1. The van der Waals surface area contributed by atoms with E-state index >= 15 is 0 Å². The molecule has 0 radical (unpaired) electrons. The van der Waals surface area contributed by atoms with E-state index in [1.807, 2.05) is 4.57 Å². The highest BCUT2D eigenvalue weighted by Crippen LogP contribution is 2.20. The first-order chi connectivity index (χ1) is 7.16. The van der Waals surface area contributed by atoms with Crippen LogP contribution in [-0.4, -0.2) is 28.4 Å². The highest BCUT2D eigenvalue weighted by Gasteiger charge is 2.18. The second kappa shape index (κ2) is 4.37. The van der Waals surface area contributed by atoms with Crippen molar-refractivity contribution in [2.24, 2.45) is 0 Å². The van der Waals surface area contributed by atoms with E-state index in [1.165, 1.54) is 0 Å². The Balaban J connectivity index is 2.10. The maximum absolute atomic E-state index is 10.7. The minimum absolute atomic E-state index is 0.218. The van der Waals surface area contributed by atoms with Gasteiger partial charge in [0.2, 0.25) is 0 Å². The maximum atomic E-state index is 10.7. The average Bonchev–Trinajstić information content (AvgIpc) is 2.77. The Hall–Kier alpha value is -0.810. The van der Waals surface area contributed by atoms with Crippen molar-refractivity contribution in [1.82, 2.24) is 4.57 Å². The Morgan fingerprint density at radius 3 is 3.07 bits per heavy atom. The normalized spacial score (nSPS) is 20.7. The van der Waals surface area contributed by atoms with E-state index in [2.05, 4.69) is 15.9 Å². The molecule has 1 aromatic rings. The van der Waals surface area contributed by atoms with Crippen LogP contribution in [0.25, 0.3) is 0 Å². The molecule has 82 valence electrons. The molecule has 1 fully saturated rings. The van der Waals surface area contributed by atoms with Crippen LogP contribution in [-0.2, 0) is 11.3 Å². The summed E-state index contributed by atoms with van der Waals surface area (Å²) >= 11 is 3.34. The third-order valence-electron chi connectivity index (χ3n) is 2.52. The minimum Gasteiger partial charge on any atom is -0.478 e. The van der Waals surface area contributed by atoms with Gasteiger partial charge in [0.15, 0.2) is 0 Å². The molecule has 1 saturated heterocycles. The molecule has 0 saturated carbocycles. The number of carbonyl (C=O) groups is 1. The lowest BCUT2D eigenvalue weighted by Gasteiger charge is -2.11. The molecule has 4 nitrogen and oxygen atoms in total. The summed E-state index contributed by atoms with van der Waals surface area (Å²) in [6.07, 6.45) is 3.99. The van der Waals surface area contributed by atoms with Gasteiger partial charge in [0, 0.05) is 19.3 Å². The molecule has 1 aromatic heterocycles. The Morgan fingerprint density at radius 2 is 2.53 bits per heavy atom. The summed E-state index contributed by atoms with van der Waals surface area (Å²) in [7, 11) is 0. The number of aromatic carboxylic acids is 1. The number of hydrogen-bond donors (Lipinski definition) is 1. The van der Waals surface area contributed by atoms with Crippen LogP contribution in [0.15, 0.2) is 16.9 Å². The van der Waals surface area contributed by atoms with Crippen LogP contribution in [0.5, 0.6) is 0 Å². The second-order valence-corrected chi connectivity index (χ2v) is 4.46. The summed E-state index contributed by atoms with van der Waals surface area (Å²) < 4.78 is 8.15. The summed E-state index contributed by atoms with van der Waals surface area (Å²) in [5.74, 6) is -0.901. The first kappa shape index (κ1) is 10.7. The fourth-order valence-corrected chi connectivity index (χ4v) is 2.24. The Kier molecular flexibility index (Phi) is 3.11. The molecule has 1 unspecified atom stereocenters. The highest BCUT2D eigenvalue weighted by atomic mass is 79.9. The Bertz CT molecular complexity index is 369. The van der Waals surface area contributed by atoms with Crippen LogP contribution in [0.1, 0.15) is 23.2 Å². The molecule has 2 heterocycles. The third-order valence-corrected chi connectivity index (χ3v) is 3.20. The standard InChI is InChI=1S/C10H12BrNO3/c11-9-4-7(10(13)14)5-12(9)6-8-2-1-3-15-8/h4-5,8H,1-3,6H2,(H,13,14). The number of carboxylic acid groups (broad SMARTS) is 1. The first-order valence-electron chi connectivity index (χ1n) is 4.87. The molecular weight excluding hydrogens is 262 g/mol. The van der Waals surface area contributed by atoms with Gasteiger partial charge in [-0.15, -0.1) is 0 Å². The van der Waals surface area contributed by atoms with Crippen LogP contribution in [0.3, 0.4) is 0 Å². The minimum atomic E-state index is -0.901. The van der Waals surface area contributed by atoms with E-state index in [0.717, 1.165) is 24.1 Å². The van der Waals surface area contributed by atoms with Crippen molar-refractivity contribution in [3.8, 4) is 0 Å². The zero-order valence-electron chi connectivity index (χ0n) is 8.15. The number of nitrogens with zero attached hydrogens (tertiary/aromatic N) is 1. The highest BCUT2D eigenvalue weighted by molar-refractivity contribution is 9.10. The summed E-state index contributed by atoms with van der Waals surface area (Å²) in [6, 6.07) is 1.61. The molecule has 1 aliphatic rings. The van der Waals surface area contributed by atoms with Crippen LogP contribution < -0.4 is 0 Å². The smallest absolute Gasteiger partial charge is 0.337 e. The number of rotatable bonds is 3. The molecule has 0 bridgehead atoms. The van der Waals surface area contributed by atoms with Crippen molar-refractivity contribution in [1.29, 1.82) is 0 Å². The van der Waals surface area contributed by atoms with E-state index in [-0.39, 0.29) is 6.10 Å². The molecule has 0 spiro atoms. The number of ether oxygens (including phenoxy) is 1. The largest absolute Gasteiger partial charge is 0.478 e. The van der Waals surface area contributed by atoms with Gasteiger partial charge in [-0.2, -0.15) is 0 Å². The molecule has 2 rings (SSSR count). The lowest BCUT2D eigenvalue weighted by atomic mass is 10.2. The molecular formula is C10H12BrNO3. The van der Waals surface area contributed by atoms with Crippen LogP contribution in [0, 0.1) is 0 Å². The van der Waals surface area contributed by atoms with Gasteiger partial charge in [-0.05, 0) is 34.8 Å².